The molecule has 0 aliphatic rings. The first-order chi connectivity index (χ1) is 12.0. The third-order valence-corrected chi connectivity index (χ3v) is 3.77. The van der Waals surface area contributed by atoms with Crippen molar-refractivity contribution in [2.45, 2.75) is 20.4 Å². The van der Waals surface area contributed by atoms with E-state index in [4.69, 9.17) is 16.3 Å². The Morgan fingerprint density at radius 3 is 2.40 bits per heavy atom. The van der Waals surface area contributed by atoms with E-state index in [2.05, 4.69) is 4.99 Å². The average molecular weight is 359 g/mol. The van der Waals surface area contributed by atoms with Crippen molar-refractivity contribution in [2.24, 2.45) is 10.9 Å². The normalized spacial score (nSPS) is 11.5. The zero-order valence-electron chi connectivity index (χ0n) is 14.8. The van der Waals surface area contributed by atoms with Crippen molar-refractivity contribution in [1.29, 1.82) is 0 Å². The number of hydrogen-bond donors (Lipinski definition) is 0. The SMILES string of the molecule is CC(C)COC(=NC(=O)c1ccccc1Cl)N(C)Cc1ccccc1. The second-order valence-corrected chi connectivity index (χ2v) is 6.63. The Labute approximate surface area is 154 Å². The van der Waals surface area contributed by atoms with Crippen molar-refractivity contribution in [3.05, 3.63) is 70.7 Å². The van der Waals surface area contributed by atoms with Crippen LogP contribution >= 0.6 is 11.6 Å². The van der Waals surface area contributed by atoms with Gasteiger partial charge in [-0.2, -0.15) is 4.99 Å². The zero-order valence-corrected chi connectivity index (χ0v) is 15.5. The van der Waals surface area contributed by atoms with Crippen LogP contribution in [0.2, 0.25) is 5.02 Å². The van der Waals surface area contributed by atoms with Gasteiger partial charge in [-0.05, 0) is 23.6 Å². The van der Waals surface area contributed by atoms with E-state index in [0.717, 1.165) is 5.56 Å². The number of hydrogen-bond acceptors (Lipinski definition) is 2. The van der Waals surface area contributed by atoms with Crippen molar-refractivity contribution in [3.63, 3.8) is 0 Å². The summed E-state index contributed by atoms with van der Waals surface area (Å²) < 4.78 is 5.78. The Kier molecular flexibility index (Phi) is 7.02. The summed E-state index contributed by atoms with van der Waals surface area (Å²) in [5.74, 6) is -0.0880. The first kappa shape index (κ1) is 19.0. The van der Waals surface area contributed by atoms with E-state index in [1.165, 1.54) is 0 Å². The maximum Gasteiger partial charge on any atom is 0.295 e. The van der Waals surface area contributed by atoms with E-state index in [0.29, 0.717) is 35.7 Å². The number of amides is 1. The molecular formula is C20H23ClN2O2. The molecule has 0 bridgehead atoms. The molecule has 0 spiro atoms. The molecule has 4 nitrogen and oxygen atoms in total. The number of carbonyl (C=O) groups is 1. The van der Waals surface area contributed by atoms with Gasteiger partial charge in [0.05, 0.1) is 17.2 Å². The Balaban J connectivity index is 2.22. The van der Waals surface area contributed by atoms with Crippen LogP contribution in [0, 0.1) is 5.92 Å². The molecule has 5 heteroatoms. The highest BCUT2D eigenvalue weighted by Crippen LogP contribution is 2.16. The topological polar surface area (TPSA) is 41.9 Å². The van der Waals surface area contributed by atoms with Gasteiger partial charge in [-0.1, -0.05) is 67.9 Å². The van der Waals surface area contributed by atoms with Crippen LogP contribution in [0.15, 0.2) is 59.6 Å². The maximum absolute atomic E-state index is 12.5. The summed E-state index contributed by atoms with van der Waals surface area (Å²) in [6, 6.07) is 17.1. The molecule has 0 atom stereocenters. The number of carbonyl (C=O) groups excluding carboxylic acids is 1. The molecule has 0 aliphatic heterocycles. The molecular weight excluding hydrogens is 336 g/mol. The van der Waals surface area contributed by atoms with Crippen molar-refractivity contribution in [1.82, 2.24) is 4.90 Å². The molecule has 2 aromatic rings. The summed E-state index contributed by atoms with van der Waals surface area (Å²) in [6.45, 7) is 5.16. The molecule has 132 valence electrons. The van der Waals surface area contributed by atoms with E-state index in [9.17, 15) is 4.79 Å². The maximum atomic E-state index is 12.5. The van der Waals surface area contributed by atoms with Crippen molar-refractivity contribution in [3.8, 4) is 0 Å². The number of ether oxygens (including phenoxy) is 1. The Morgan fingerprint density at radius 1 is 1.12 bits per heavy atom. The number of aliphatic imine (C=N–C) groups is 1. The average Bonchev–Trinajstić information content (AvgIpc) is 2.59. The lowest BCUT2D eigenvalue weighted by atomic mass is 10.2. The minimum atomic E-state index is -0.413. The van der Waals surface area contributed by atoms with Gasteiger partial charge < -0.3 is 9.64 Å². The van der Waals surface area contributed by atoms with Crippen LogP contribution in [0.4, 0.5) is 0 Å². The monoisotopic (exact) mass is 358 g/mol. The third kappa shape index (κ3) is 5.91. The van der Waals surface area contributed by atoms with Crippen molar-refractivity contribution < 1.29 is 9.53 Å². The molecule has 0 fully saturated rings. The van der Waals surface area contributed by atoms with Gasteiger partial charge in [-0.3, -0.25) is 4.79 Å². The molecule has 0 radical (unpaired) electrons. The first-order valence-corrected chi connectivity index (χ1v) is 8.60. The molecule has 0 saturated carbocycles. The summed E-state index contributed by atoms with van der Waals surface area (Å²) in [7, 11) is 1.85. The standard InChI is InChI=1S/C20H23ClN2O2/c1-15(2)14-25-20(23(3)13-16-9-5-4-6-10-16)22-19(24)17-11-7-8-12-18(17)21/h4-12,15H,13-14H2,1-3H3. The smallest absolute Gasteiger partial charge is 0.295 e. The molecule has 25 heavy (non-hydrogen) atoms. The molecule has 1 amide bonds. The second-order valence-electron chi connectivity index (χ2n) is 6.23. The minimum Gasteiger partial charge on any atom is -0.465 e. The highest BCUT2D eigenvalue weighted by molar-refractivity contribution is 6.34. The van der Waals surface area contributed by atoms with Crippen LogP contribution in [0.1, 0.15) is 29.8 Å². The largest absolute Gasteiger partial charge is 0.465 e. The lowest BCUT2D eigenvalue weighted by Crippen LogP contribution is -2.30. The third-order valence-electron chi connectivity index (χ3n) is 3.44. The summed E-state index contributed by atoms with van der Waals surface area (Å²) in [4.78, 5) is 18.5. The van der Waals surface area contributed by atoms with Crippen LogP contribution in [-0.4, -0.2) is 30.5 Å². The molecule has 0 unspecified atom stereocenters. The predicted octanol–water partition coefficient (Wildman–Crippen LogP) is 4.64. The van der Waals surface area contributed by atoms with Gasteiger partial charge in [0.1, 0.15) is 0 Å². The van der Waals surface area contributed by atoms with Crippen molar-refractivity contribution in [2.75, 3.05) is 13.7 Å². The Hall–Kier alpha value is -2.33. The number of nitrogens with zero attached hydrogens (tertiary/aromatic N) is 2. The Bertz CT molecular complexity index is 729. The van der Waals surface area contributed by atoms with Gasteiger partial charge in [0.2, 0.25) is 0 Å². The molecule has 0 saturated heterocycles. The van der Waals surface area contributed by atoms with E-state index in [1.54, 1.807) is 24.3 Å². The predicted molar refractivity (Wildman–Crippen MR) is 102 cm³/mol. The fourth-order valence-corrected chi connectivity index (χ4v) is 2.39. The highest BCUT2D eigenvalue weighted by atomic mass is 35.5. The van der Waals surface area contributed by atoms with Crippen LogP contribution in [-0.2, 0) is 11.3 Å². The van der Waals surface area contributed by atoms with E-state index in [-0.39, 0.29) is 0 Å². The second kappa shape index (κ2) is 9.23. The summed E-state index contributed by atoms with van der Waals surface area (Å²) in [5.41, 5.74) is 1.47. The van der Waals surface area contributed by atoms with E-state index >= 15 is 0 Å². The van der Waals surface area contributed by atoms with Gasteiger partial charge in [0.15, 0.2) is 0 Å². The quantitative estimate of drug-likeness (QED) is 0.577. The van der Waals surface area contributed by atoms with Crippen molar-refractivity contribution >= 4 is 23.5 Å². The van der Waals surface area contributed by atoms with E-state index < -0.39 is 5.91 Å². The summed E-state index contributed by atoms with van der Waals surface area (Å²) in [6.07, 6.45) is 0. The van der Waals surface area contributed by atoms with Gasteiger partial charge in [0, 0.05) is 13.6 Å². The molecule has 0 heterocycles. The highest BCUT2D eigenvalue weighted by Gasteiger charge is 2.15. The number of halogens is 1. The zero-order chi connectivity index (χ0) is 18.2. The fourth-order valence-electron chi connectivity index (χ4n) is 2.18. The van der Waals surface area contributed by atoms with Crippen LogP contribution in [0.5, 0.6) is 0 Å². The minimum absolute atomic E-state index is 0.294. The van der Waals surface area contributed by atoms with Gasteiger partial charge in [-0.25, -0.2) is 0 Å². The lowest BCUT2D eigenvalue weighted by molar-refractivity contribution is 0.0992. The summed E-state index contributed by atoms with van der Waals surface area (Å²) in [5, 5.41) is 0.380. The van der Waals surface area contributed by atoms with Gasteiger partial charge >= 0.3 is 0 Å². The molecule has 0 aromatic heterocycles. The number of rotatable bonds is 5. The van der Waals surface area contributed by atoms with Crippen LogP contribution in [0.3, 0.4) is 0 Å². The molecule has 0 N–H and O–H groups in total. The Morgan fingerprint density at radius 2 is 1.76 bits per heavy atom. The molecule has 2 rings (SSSR count). The van der Waals surface area contributed by atoms with Gasteiger partial charge in [0.25, 0.3) is 11.9 Å². The number of benzene rings is 2. The van der Waals surface area contributed by atoms with E-state index in [1.807, 2.05) is 56.1 Å². The summed E-state index contributed by atoms with van der Waals surface area (Å²) >= 11 is 6.09. The molecule has 2 aromatic carbocycles. The fraction of sp³-hybridized carbons (Fsp3) is 0.300. The van der Waals surface area contributed by atoms with Gasteiger partial charge in [-0.15, -0.1) is 0 Å². The molecule has 0 aliphatic carbocycles. The number of amidine groups is 1. The van der Waals surface area contributed by atoms with Crippen LogP contribution in [0.25, 0.3) is 0 Å². The van der Waals surface area contributed by atoms with Crippen LogP contribution < -0.4 is 0 Å². The first-order valence-electron chi connectivity index (χ1n) is 8.22. The lowest BCUT2D eigenvalue weighted by Gasteiger charge is -2.22.